The van der Waals surface area contributed by atoms with Crippen molar-refractivity contribution in [2.75, 3.05) is 46.1 Å². The van der Waals surface area contributed by atoms with E-state index in [0.717, 1.165) is 38.9 Å². The molecule has 6 heteroatoms. The lowest BCUT2D eigenvalue weighted by atomic mass is 9.98. The molecule has 0 aromatic carbocycles. The fourth-order valence-corrected chi connectivity index (χ4v) is 6.69. The van der Waals surface area contributed by atoms with E-state index in [4.69, 9.17) is 20.9 Å². The maximum Gasteiger partial charge on any atom is 0.240 e. The van der Waals surface area contributed by atoms with Crippen LogP contribution in [0.3, 0.4) is 0 Å². The van der Waals surface area contributed by atoms with Gasteiger partial charge in [0.2, 0.25) is 5.91 Å². The first-order valence-corrected chi connectivity index (χ1v) is 21.6. The van der Waals surface area contributed by atoms with Crippen LogP contribution in [0.25, 0.3) is 0 Å². The van der Waals surface area contributed by atoms with E-state index in [1.165, 1.54) is 128 Å². The number of nitrogens with zero attached hydrogens (tertiary/aromatic N) is 1. The molecule has 1 fully saturated rings. The Hall–Kier alpha value is -1.73. The number of amides is 1. The lowest BCUT2D eigenvalue weighted by Gasteiger charge is -2.20. The molecule has 0 aliphatic carbocycles. The van der Waals surface area contributed by atoms with Gasteiger partial charge in [0.05, 0.1) is 19.3 Å². The van der Waals surface area contributed by atoms with Gasteiger partial charge in [-0.15, -0.1) is 0 Å². The highest BCUT2D eigenvalue weighted by Gasteiger charge is 2.36. The molecule has 4 N–H and O–H groups in total. The largest absolute Gasteiger partial charge is 0.381 e. The molecule has 296 valence electrons. The third-order valence-corrected chi connectivity index (χ3v) is 10.1. The van der Waals surface area contributed by atoms with Gasteiger partial charge in [-0.1, -0.05) is 140 Å². The first-order valence-electron chi connectivity index (χ1n) is 21.6. The first-order chi connectivity index (χ1) is 25.1. The van der Waals surface area contributed by atoms with Crippen LogP contribution in [0.15, 0.2) is 48.6 Å². The Morgan fingerprint density at radius 2 is 0.922 bits per heavy atom. The molecular weight excluding hydrogens is 631 g/mol. The lowest BCUT2D eigenvalue weighted by Crippen LogP contribution is -2.47. The minimum absolute atomic E-state index is 0.0414. The summed E-state index contributed by atoms with van der Waals surface area (Å²) >= 11 is 0. The smallest absolute Gasteiger partial charge is 0.240 e. The van der Waals surface area contributed by atoms with E-state index >= 15 is 0 Å². The zero-order valence-electron chi connectivity index (χ0n) is 33.6. The van der Waals surface area contributed by atoms with Gasteiger partial charge in [-0.3, -0.25) is 4.79 Å². The second-order valence-corrected chi connectivity index (χ2v) is 14.9. The summed E-state index contributed by atoms with van der Waals surface area (Å²) in [5.41, 5.74) is 11.7. The van der Waals surface area contributed by atoms with Gasteiger partial charge in [0.25, 0.3) is 0 Å². The monoisotopic (exact) mass is 714 g/mol. The second-order valence-electron chi connectivity index (χ2n) is 14.9. The van der Waals surface area contributed by atoms with Crippen LogP contribution < -0.4 is 11.5 Å². The number of carbonyl (C=O) groups is 1. The van der Waals surface area contributed by atoms with Crippen LogP contribution in [0, 0.1) is 11.8 Å². The minimum atomic E-state index is -0.622. The molecule has 1 rings (SSSR count). The lowest BCUT2D eigenvalue weighted by molar-refractivity contribution is -0.131. The molecule has 0 radical (unpaired) electrons. The van der Waals surface area contributed by atoms with Crippen molar-refractivity contribution in [1.82, 2.24) is 4.90 Å². The Balaban J connectivity index is 2.12. The number of likely N-dealkylation sites (tertiary alicyclic amines) is 1. The second kappa shape index (κ2) is 36.6. The fourth-order valence-electron chi connectivity index (χ4n) is 6.69. The van der Waals surface area contributed by atoms with Crippen molar-refractivity contribution >= 4 is 5.91 Å². The maximum absolute atomic E-state index is 12.8. The predicted octanol–water partition coefficient (Wildman–Crippen LogP) is 11.0. The molecule has 1 heterocycles. The molecule has 0 aromatic heterocycles. The fraction of sp³-hybridized carbons (Fsp3) is 0.800. The number of ether oxygens (including phenoxy) is 2. The topological polar surface area (TPSA) is 90.8 Å². The molecule has 1 amide bonds. The van der Waals surface area contributed by atoms with E-state index < -0.39 is 6.04 Å². The molecule has 0 spiro atoms. The van der Waals surface area contributed by atoms with Crippen LogP contribution in [0.1, 0.15) is 168 Å². The average Bonchev–Trinajstić information content (AvgIpc) is 3.55. The molecule has 0 bridgehead atoms. The summed E-state index contributed by atoms with van der Waals surface area (Å²) in [5.74, 6) is 0.541. The Bertz CT molecular complexity index is 826. The molecule has 0 aromatic rings. The van der Waals surface area contributed by atoms with Gasteiger partial charge in [0, 0.05) is 44.7 Å². The van der Waals surface area contributed by atoms with E-state index in [9.17, 15) is 4.79 Å². The molecule has 1 aliphatic heterocycles. The average molecular weight is 714 g/mol. The van der Waals surface area contributed by atoms with Crippen LogP contribution in [0.5, 0.6) is 0 Å². The van der Waals surface area contributed by atoms with Crippen molar-refractivity contribution < 1.29 is 14.3 Å². The van der Waals surface area contributed by atoms with Crippen molar-refractivity contribution in [2.24, 2.45) is 23.3 Å². The highest BCUT2D eigenvalue weighted by Crippen LogP contribution is 2.25. The summed E-state index contributed by atoms with van der Waals surface area (Å²) in [6, 6.07) is -0.622. The maximum atomic E-state index is 12.8. The standard InChI is InChI=1S/C45H83N3O3/c1-3-5-7-9-11-13-15-17-19-21-23-25-27-29-31-33-35-50-40-42-38-48(45(49)44(47)37-46)39-43(42)41-51-36-34-32-30-28-26-24-22-20-18-16-14-12-10-8-6-4-2/h11-14,17-20,42-44H,3-10,15-16,21-41,46-47H2,1-2H3/b13-11-,14-12-,19-17-,20-18-/t42-,43?,44-/m0/s1. The summed E-state index contributed by atoms with van der Waals surface area (Å²) < 4.78 is 12.3. The van der Waals surface area contributed by atoms with E-state index in [1.807, 2.05) is 4.90 Å². The van der Waals surface area contributed by atoms with Crippen LogP contribution >= 0.6 is 0 Å². The molecule has 51 heavy (non-hydrogen) atoms. The van der Waals surface area contributed by atoms with Gasteiger partial charge in [-0.05, 0) is 77.0 Å². The third-order valence-electron chi connectivity index (χ3n) is 10.1. The number of hydrogen-bond acceptors (Lipinski definition) is 5. The summed E-state index contributed by atoms with van der Waals surface area (Å²) in [7, 11) is 0. The zero-order chi connectivity index (χ0) is 36.9. The van der Waals surface area contributed by atoms with E-state index in [2.05, 4.69) is 62.5 Å². The van der Waals surface area contributed by atoms with Gasteiger partial charge in [0.15, 0.2) is 0 Å². The van der Waals surface area contributed by atoms with Gasteiger partial charge in [0.1, 0.15) is 0 Å². The predicted molar refractivity (Wildman–Crippen MR) is 221 cm³/mol. The number of carbonyl (C=O) groups excluding carboxylic acids is 1. The number of hydrogen-bond donors (Lipinski definition) is 2. The minimum Gasteiger partial charge on any atom is -0.381 e. The highest BCUT2D eigenvalue weighted by molar-refractivity contribution is 5.82. The molecule has 1 unspecified atom stereocenters. The van der Waals surface area contributed by atoms with Gasteiger partial charge < -0.3 is 25.8 Å². The summed E-state index contributed by atoms with van der Waals surface area (Å²) in [6.07, 6.45) is 48.6. The number of allylic oxidation sites excluding steroid dienone is 8. The Morgan fingerprint density at radius 1 is 0.569 bits per heavy atom. The van der Waals surface area contributed by atoms with Crippen molar-refractivity contribution in [3.8, 4) is 0 Å². The van der Waals surface area contributed by atoms with E-state index in [0.29, 0.717) is 38.1 Å². The Morgan fingerprint density at radius 3 is 1.29 bits per heavy atom. The van der Waals surface area contributed by atoms with Crippen LogP contribution in [0.4, 0.5) is 0 Å². The third kappa shape index (κ3) is 28.4. The van der Waals surface area contributed by atoms with Crippen LogP contribution in [-0.2, 0) is 14.3 Å². The molecule has 1 saturated heterocycles. The van der Waals surface area contributed by atoms with Crippen molar-refractivity contribution in [2.45, 2.75) is 174 Å². The van der Waals surface area contributed by atoms with E-state index in [1.54, 1.807) is 0 Å². The summed E-state index contributed by atoms with van der Waals surface area (Å²) in [5, 5.41) is 0. The molecule has 0 saturated carbocycles. The summed E-state index contributed by atoms with van der Waals surface area (Å²) in [6.45, 7) is 9.02. The SMILES string of the molecule is CCCCC/C=C\C/C=C\CCCCCCCCOCC1CN(C(=O)[C@@H](N)CN)C[C@H]1COCCCCCCCC/C=C\C/C=C\CCCCC. The number of unbranched alkanes of at least 4 members (excludes halogenated alkanes) is 18. The normalized spacial score (nSPS) is 17.4. The van der Waals surface area contributed by atoms with Crippen molar-refractivity contribution in [3.63, 3.8) is 0 Å². The molecular formula is C45H83N3O3. The van der Waals surface area contributed by atoms with Gasteiger partial charge in [-0.2, -0.15) is 0 Å². The highest BCUT2D eigenvalue weighted by atomic mass is 16.5. The first kappa shape index (κ1) is 47.3. The van der Waals surface area contributed by atoms with Gasteiger partial charge >= 0.3 is 0 Å². The van der Waals surface area contributed by atoms with Crippen LogP contribution in [-0.4, -0.2) is 62.9 Å². The van der Waals surface area contributed by atoms with E-state index in [-0.39, 0.29) is 12.5 Å². The Kier molecular flexibility index (Phi) is 34.0. The van der Waals surface area contributed by atoms with Gasteiger partial charge in [-0.25, -0.2) is 0 Å². The molecule has 3 atom stereocenters. The van der Waals surface area contributed by atoms with Crippen molar-refractivity contribution in [1.29, 1.82) is 0 Å². The zero-order valence-corrected chi connectivity index (χ0v) is 33.6. The number of nitrogens with two attached hydrogens (primary N) is 2. The van der Waals surface area contributed by atoms with Crippen LogP contribution in [0.2, 0.25) is 0 Å². The number of rotatable bonds is 36. The molecule has 1 aliphatic rings. The Labute approximate surface area is 316 Å². The molecule has 6 nitrogen and oxygen atoms in total. The summed E-state index contributed by atoms with van der Waals surface area (Å²) in [4.78, 5) is 14.7. The van der Waals surface area contributed by atoms with Crippen molar-refractivity contribution in [3.05, 3.63) is 48.6 Å². The quantitative estimate of drug-likeness (QED) is 0.0498.